The lowest BCUT2D eigenvalue weighted by molar-refractivity contribution is 0.0984. The lowest BCUT2D eigenvalue weighted by Crippen LogP contribution is -2.31. The highest BCUT2D eigenvalue weighted by Crippen LogP contribution is 2.22. The van der Waals surface area contributed by atoms with Crippen molar-refractivity contribution in [1.82, 2.24) is 19.6 Å². The molecule has 2 heterocycles. The van der Waals surface area contributed by atoms with Gasteiger partial charge in [-0.15, -0.1) is 5.10 Å². The van der Waals surface area contributed by atoms with Crippen molar-refractivity contribution in [2.24, 2.45) is 0 Å². The van der Waals surface area contributed by atoms with Gasteiger partial charge in [-0.2, -0.15) is 4.98 Å². The van der Waals surface area contributed by atoms with Crippen LogP contribution in [0.4, 0.5) is 10.1 Å². The quantitative estimate of drug-likeness (QED) is 0.501. The Bertz CT molecular complexity index is 1210. The van der Waals surface area contributed by atoms with Crippen LogP contribution in [0.2, 0.25) is 5.02 Å². The number of hydrogen-bond acceptors (Lipinski definition) is 4. The van der Waals surface area contributed by atoms with Gasteiger partial charge in [-0.3, -0.25) is 4.79 Å². The zero-order valence-corrected chi connectivity index (χ0v) is 16.6. The molecule has 0 aliphatic heterocycles. The Kier molecular flexibility index (Phi) is 4.98. The van der Waals surface area contributed by atoms with Gasteiger partial charge in [0.15, 0.2) is 5.82 Å². The Labute approximate surface area is 171 Å². The van der Waals surface area contributed by atoms with E-state index >= 15 is 0 Å². The normalized spacial score (nSPS) is 11.0. The van der Waals surface area contributed by atoms with Gasteiger partial charge >= 0.3 is 0 Å². The molecule has 1 amide bonds. The predicted octanol–water partition coefficient (Wildman–Crippen LogP) is 4.38. The zero-order chi connectivity index (χ0) is 20.5. The largest absolute Gasteiger partial charge is 0.301 e. The molecular weight excluding hydrogens is 393 g/mol. The average molecular weight is 410 g/mol. The summed E-state index contributed by atoms with van der Waals surface area (Å²) in [7, 11) is 0. The summed E-state index contributed by atoms with van der Waals surface area (Å²) in [5.74, 6) is 0.210. The minimum atomic E-state index is -0.384. The van der Waals surface area contributed by atoms with Crippen LogP contribution in [0.25, 0.3) is 5.78 Å². The van der Waals surface area contributed by atoms with Crippen molar-refractivity contribution in [3.63, 3.8) is 0 Å². The van der Waals surface area contributed by atoms with E-state index < -0.39 is 0 Å². The van der Waals surface area contributed by atoms with Crippen LogP contribution < -0.4 is 4.90 Å². The molecule has 0 saturated heterocycles. The predicted molar refractivity (Wildman–Crippen MR) is 109 cm³/mol. The third kappa shape index (κ3) is 3.95. The van der Waals surface area contributed by atoms with E-state index in [9.17, 15) is 9.18 Å². The molecule has 0 radical (unpaired) electrons. The van der Waals surface area contributed by atoms with E-state index in [1.807, 2.05) is 19.9 Å². The van der Waals surface area contributed by atoms with Crippen molar-refractivity contribution in [2.45, 2.75) is 20.4 Å². The average Bonchev–Trinajstić information content (AvgIpc) is 3.09. The molecule has 4 rings (SSSR count). The van der Waals surface area contributed by atoms with E-state index in [0.717, 1.165) is 11.4 Å². The summed E-state index contributed by atoms with van der Waals surface area (Å²) in [6.07, 6.45) is 0. The lowest BCUT2D eigenvalue weighted by atomic mass is 10.1. The molecule has 0 unspecified atom stereocenters. The summed E-state index contributed by atoms with van der Waals surface area (Å²) in [6, 6.07) is 14.3. The van der Waals surface area contributed by atoms with Gasteiger partial charge in [0.1, 0.15) is 5.82 Å². The van der Waals surface area contributed by atoms with Gasteiger partial charge in [0.2, 0.25) is 0 Å². The Morgan fingerprint density at radius 1 is 1.10 bits per heavy atom. The van der Waals surface area contributed by atoms with Gasteiger partial charge in [0.25, 0.3) is 11.7 Å². The van der Waals surface area contributed by atoms with Crippen LogP contribution in [-0.2, 0) is 6.54 Å². The molecule has 0 saturated carbocycles. The number of benzene rings is 2. The maximum absolute atomic E-state index is 13.4. The standard InChI is InChI=1S/C21H17ClFN5O/c1-13-10-14(2)28-21(24-13)25-19(26-28)12-27(18-8-6-17(23)7-9-18)20(29)15-4-3-5-16(22)11-15/h3-11H,12H2,1-2H3. The fourth-order valence-electron chi connectivity index (χ4n) is 3.09. The SMILES string of the molecule is Cc1cc(C)n2nc(CN(C(=O)c3cccc(Cl)c3)c3ccc(F)cc3)nc2n1. The molecule has 0 N–H and O–H groups in total. The van der Waals surface area contributed by atoms with Crippen LogP contribution in [0, 0.1) is 19.7 Å². The van der Waals surface area contributed by atoms with Crippen LogP contribution in [0.5, 0.6) is 0 Å². The Hall–Kier alpha value is -3.32. The summed E-state index contributed by atoms with van der Waals surface area (Å²) in [5, 5.41) is 4.93. The number of anilines is 1. The minimum absolute atomic E-state index is 0.0961. The van der Waals surface area contributed by atoms with Crippen LogP contribution in [0.1, 0.15) is 27.6 Å². The van der Waals surface area contributed by atoms with E-state index in [1.165, 1.54) is 17.0 Å². The van der Waals surface area contributed by atoms with E-state index in [1.54, 1.807) is 40.9 Å². The zero-order valence-electron chi connectivity index (χ0n) is 15.8. The maximum Gasteiger partial charge on any atom is 0.258 e. The molecular formula is C21H17ClFN5O. The minimum Gasteiger partial charge on any atom is -0.301 e. The first-order valence-corrected chi connectivity index (χ1v) is 9.31. The molecule has 8 heteroatoms. The summed E-state index contributed by atoms with van der Waals surface area (Å²) >= 11 is 6.05. The van der Waals surface area contributed by atoms with Crippen LogP contribution in [-0.4, -0.2) is 25.5 Å². The van der Waals surface area contributed by atoms with Crippen molar-refractivity contribution in [3.05, 3.63) is 88.2 Å². The molecule has 0 spiro atoms. The highest BCUT2D eigenvalue weighted by Gasteiger charge is 2.21. The Morgan fingerprint density at radius 2 is 1.86 bits per heavy atom. The monoisotopic (exact) mass is 409 g/mol. The number of halogens is 2. The molecule has 0 atom stereocenters. The maximum atomic E-state index is 13.4. The van der Waals surface area contributed by atoms with Crippen molar-refractivity contribution in [2.75, 3.05) is 4.90 Å². The first-order valence-electron chi connectivity index (χ1n) is 8.93. The third-order valence-corrected chi connectivity index (χ3v) is 4.65. The number of aromatic nitrogens is 4. The molecule has 0 aliphatic rings. The highest BCUT2D eigenvalue weighted by atomic mass is 35.5. The van der Waals surface area contributed by atoms with Crippen LogP contribution in [0.15, 0.2) is 54.6 Å². The fourth-order valence-corrected chi connectivity index (χ4v) is 3.29. The van der Waals surface area contributed by atoms with E-state index in [2.05, 4.69) is 15.1 Å². The first kappa shape index (κ1) is 19.0. The van der Waals surface area contributed by atoms with Crippen LogP contribution in [0.3, 0.4) is 0 Å². The number of hydrogen-bond donors (Lipinski definition) is 0. The second kappa shape index (κ2) is 7.60. The van der Waals surface area contributed by atoms with Gasteiger partial charge in [-0.25, -0.2) is 13.9 Å². The van der Waals surface area contributed by atoms with E-state index in [-0.39, 0.29) is 18.3 Å². The topological polar surface area (TPSA) is 63.4 Å². The number of amides is 1. The molecule has 0 fully saturated rings. The Morgan fingerprint density at radius 3 is 2.59 bits per heavy atom. The third-order valence-electron chi connectivity index (χ3n) is 4.42. The van der Waals surface area contributed by atoms with E-state index in [4.69, 9.17) is 11.6 Å². The van der Waals surface area contributed by atoms with Crippen molar-refractivity contribution in [1.29, 1.82) is 0 Å². The lowest BCUT2D eigenvalue weighted by Gasteiger charge is -2.21. The van der Waals surface area contributed by atoms with Gasteiger partial charge in [-0.1, -0.05) is 17.7 Å². The smallest absolute Gasteiger partial charge is 0.258 e. The van der Waals surface area contributed by atoms with Crippen molar-refractivity contribution < 1.29 is 9.18 Å². The first-order chi connectivity index (χ1) is 13.9. The summed E-state index contributed by atoms with van der Waals surface area (Å²) in [5.41, 5.74) is 2.66. The van der Waals surface area contributed by atoms with Crippen molar-refractivity contribution >= 4 is 29.0 Å². The molecule has 146 valence electrons. The number of aryl methyl sites for hydroxylation is 2. The molecule has 2 aromatic heterocycles. The van der Waals surface area contributed by atoms with Gasteiger partial charge < -0.3 is 4.90 Å². The molecule has 6 nitrogen and oxygen atoms in total. The fraction of sp³-hybridized carbons (Fsp3) is 0.143. The molecule has 4 aromatic rings. The second-order valence-electron chi connectivity index (χ2n) is 6.66. The number of rotatable bonds is 4. The Balaban J connectivity index is 1.75. The second-order valence-corrected chi connectivity index (χ2v) is 7.09. The summed E-state index contributed by atoms with van der Waals surface area (Å²) < 4.78 is 15.1. The van der Waals surface area contributed by atoms with Gasteiger partial charge in [0, 0.05) is 27.7 Å². The molecule has 2 aromatic carbocycles. The number of carbonyl (C=O) groups excluding carboxylic acids is 1. The molecule has 0 aliphatic carbocycles. The summed E-state index contributed by atoms with van der Waals surface area (Å²) in [6.45, 7) is 3.89. The van der Waals surface area contributed by atoms with Crippen molar-refractivity contribution in [3.8, 4) is 0 Å². The number of fused-ring (bicyclic) bond motifs is 1. The molecule has 29 heavy (non-hydrogen) atoms. The van der Waals surface area contributed by atoms with Crippen LogP contribution >= 0.6 is 11.6 Å². The van der Waals surface area contributed by atoms with Gasteiger partial charge in [0.05, 0.1) is 6.54 Å². The summed E-state index contributed by atoms with van der Waals surface area (Å²) in [4.78, 5) is 23.5. The van der Waals surface area contributed by atoms with E-state index in [0.29, 0.717) is 27.9 Å². The van der Waals surface area contributed by atoms with Gasteiger partial charge in [-0.05, 0) is 62.4 Å². The number of carbonyl (C=O) groups is 1. The molecule has 0 bridgehead atoms. The number of nitrogens with zero attached hydrogens (tertiary/aromatic N) is 5. The highest BCUT2D eigenvalue weighted by molar-refractivity contribution is 6.31.